The fourth-order valence-electron chi connectivity index (χ4n) is 2.68. The molecule has 1 N–H and O–H groups in total. The standard InChI is InChI=1S/C21H17BrO3S/c1-13-2-6-15(7-3-13)21-16(12-20(24)25)11-19(26-21)18(23)10-14-4-8-17(22)9-5-14/h2-9,11H,10,12H2,1H3,(H,24,25). The lowest BCUT2D eigenvalue weighted by molar-refractivity contribution is -0.136. The van der Waals surface area contributed by atoms with Gasteiger partial charge in [0.25, 0.3) is 0 Å². The van der Waals surface area contributed by atoms with Crippen LogP contribution < -0.4 is 0 Å². The van der Waals surface area contributed by atoms with Crippen LogP contribution in [0.4, 0.5) is 0 Å². The van der Waals surface area contributed by atoms with Gasteiger partial charge >= 0.3 is 5.97 Å². The molecule has 0 bridgehead atoms. The van der Waals surface area contributed by atoms with Crippen LogP contribution >= 0.6 is 27.3 Å². The van der Waals surface area contributed by atoms with E-state index in [-0.39, 0.29) is 12.2 Å². The zero-order valence-corrected chi connectivity index (χ0v) is 16.6. The number of Topliss-reactive ketones (excluding diaryl/α,β-unsaturated/α-hetero) is 1. The van der Waals surface area contributed by atoms with Crippen LogP contribution in [0, 0.1) is 6.92 Å². The molecule has 0 unspecified atom stereocenters. The van der Waals surface area contributed by atoms with Gasteiger partial charge in [0.1, 0.15) is 0 Å². The van der Waals surface area contributed by atoms with Crippen molar-refractivity contribution in [1.29, 1.82) is 0 Å². The average Bonchev–Trinajstić information content (AvgIpc) is 3.01. The van der Waals surface area contributed by atoms with Gasteiger partial charge in [-0.05, 0) is 41.8 Å². The molecule has 0 saturated carbocycles. The Kier molecular flexibility index (Phi) is 5.69. The molecule has 132 valence electrons. The van der Waals surface area contributed by atoms with Crippen LogP contribution in [-0.2, 0) is 17.6 Å². The molecule has 1 heterocycles. The van der Waals surface area contributed by atoms with Gasteiger partial charge in [-0.3, -0.25) is 9.59 Å². The number of rotatable bonds is 6. The van der Waals surface area contributed by atoms with Gasteiger partial charge in [-0.15, -0.1) is 11.3 Å². The molecule has 26 heavy (non-hydrogen) atoms. The first-order valence-electron chi connectivity index (χ1n) is 8.11. The maximum Gasteiger partial charge on any atom is 0.307 e. The third kappa shape index (κ3) is 4.48. The van der Waals surface area contributed by atoms with Gasteiger partial charge in [-0.1, -0.05) is 57.9 Å². The van der Waals surface area contributed by atoms with Crippen LogP contribution in [0.25, 0.3) is 10.4 Å². The largest absolute Gasteiger partial charge is 0.481 e. The summed E-state index contributed by atoms with van der Waals surface area (Å²) in [5, 5.41) is 9.21. The van der Waals surface area contributed by atoms with Crippen LogP contribution in [0.3, 0.4) is 0 Å². The van der Waals surface area contributed by atoms with Crippen molar-refractivity contribution in [3.8, 4) is 10.4 Å². The summed E-state index contributed by atoms with van der Waals surface area (Å²) < 4.78 is 0.968. The van der Waals surface area contributed by atoms with E-state index in [0.717, 1.165) is 26.0 Å². The van der Waals surface area contributed by atoms with E-state index in [9.17, 15) is 14.7 Å². The van der Waals surface area contributed by atoms with E-state index in [1.807, 2.05) is 55.5 Å². The van der Waals surface area contributed by atoms with E-state index in [0.29, 0.717) is 16.9 Å². The van der Waals surface area contributed by atoms with Gasteiger partial charge in [0.2, 0.25) is 0 Å². The molecule has 3 aromatic rings. The molecule has 5 heteroatoms. The number of ketones is 1. The Morgan fingerprint density at radius 1 is 1.00 bits per heavy atom. The summed E-state index contributed by atoms with van der Waals surface area (Å²) in [6, 6.07) is 17.3. The van der Waals surface area contributed by atoms with Crippen molar-refractivity contribution < 1.29 is 14.7 Å². The molecule has 0 aliphatic rings. The first kappa shape index (κ1) is 18.5. The topological polar surface area (TPSA) is 54.4 Å². The third-order valence-corrected chi connectivity index (χ3v) is 5.81. The Labute approximate surface area is 164 Å². The lowest BCUT2D eigenvalue weighted by atomic mass is 10.0. The fourth-order valence-corrected chi connectivity index (χ4v) is 4.07. The smallest absolute Gasteiger partial charge is 0.307 e. The van der Waals surface area contributed by atoms with E-state index in [2.05, 4.69) is 15.9 Å². The highest BCUT2D eigenvalue weighted by Gasteiger charge is 2.18. The summed E-state index contributed by atoms with van der Waals surface area (Å²) in [7, 11) is 0. The van der Waals surface area contributed by atoms with Gasteiger partial charge in [0.15, 0.2) is 5.78 Å². The molecule has 2 aromatic carbocycles. The highest BCUT2D eigenvalue weighted by molar-refractivity contribution is 9.10. The van der Waals surface area contributed by atoms with Crippen LogP contribution in [0.15, 0.2) is 59.1 Å². The van der Waals surface area contributed by atoms with Crippen molar-refractivity contribution in [3.63, 3.8) is 0 Å². The van der Waals surface area contributed by atoms with Crippen LogP contribution in [0.1, 0.15) is 26.4 Å². The highest BCUT2D eigenvalue weighted by Crippen LogP contribution is 2.34. The molecule has 0 amide bonds. The summed E-state index contributed by atoms with van der Waals surface area (Å²) in [6.07, 6.45) is 0.207. The number of benzene rings is 2. The maximum absolute atomic E-state index is 12.7. The van der Waals surface area contributed by atoms with Gasteiger partial charge in [-0.25, -0.2) is 0 Å². The van der Waals surface area contributed by atoms with Crippen LogP contribution in [0.5, 0.6) is 0 Å². The summed E-state index contributed by atoms with van der Waals surface area (Å²) in [6.45, 7) is 2.00. The number of halogens is 1. The van der Waals surface area contributed by atoms with E-state index >= 15 is 0 Å². The van der Waals surface area contributed by atoms with Crippen LogP contribution in [-0.4, -0.2) is 16.9 Å². The van der Waals surface area contributed by atoms with Crippen molar-refractivity contribution in [3.05, 3.63) is 80.6 Å². The molecule has 3 nitrogen and oxygen atoms in total. The number of aryl methyl sites for hydroxylation is 1. The number of hydrogen-bond acceptors (Lipinski definition) is 3. The molecule has 0 aliphatic carbocycles. The normalized spacial score (nSPS) is 10.7. The molecular formula is C21H17BrO3S. The second kappa shape index (κ2) is 7.98. The highest BCUT2D eigenvalue weighted by atomic mass is 79.9. The Balaban J connectivity index is 1.92. The van der Waals surface area contributed by atoms with Crippen molar-refractivity contribution in [2.75, 3.05) is 0 Å². The van der Waals surface area contributed by atoms with E-state index < -0.39 is 5.97 Å². The van der Waals surface area contributed by atoms with Crippen molar-refractivity contribution >= 4 is 39.0 Å². The molecule has 0 atom stereocenters. The lowest BCUT2D eigenvalue weighted by Crippen LogP contribution is -2.02. The molecule has 0 aliphatic heterocycles. The molecule has 0 saturated heterocycles. The molecule has 0 spiro atoms. The maximum atomic E-state index is 12.7. The molecule has 0 radical (unpaired) electrons. The second-order valence-corrected chi connectivity index (χ2v) is 8.10. The van der Waals surface area contributed by atoms with Crippen molar-refractivity contribution in [2.24, 2.45) is 0 Å². The Bertz CT molecular complexity index is 940. The SMILES string of the molecule is Cc1ccc(-c2sc(C(=O)Cc3ccc(Br)cc3)cc2CC(=O)O)cc1. The van der Waals surface area contributed by atoms with Gasteiger partial charge < -0.3 is 5.11 Å². The zero-order valence-electron chi connectivity index (χ0n) is 14.2. The van der Waals surface area contributed by atoms with Crippen molar-refractivity contribution in [1.82, 2.24) is 0 Å². The minimum Gasteiger partial charge on any atom is -0.481 e. The first-order valence-corrected chi connectivity index (χ1v) is 9.72. The number of carboxylic acid groups (broad SMARTS) is 1. The van der Waals surface area contributed by atoms with Gasteiger partial charge in [0, 0.05) is 15.8 Å². The van der Waals surface area contributed by atoms with Gasteiger partial charge in [-0.2, -0.15) is 0 Å². The monoisotopic (exact) mass is 428 g/mol. The van der Waals surface area contributed by atoms with Crippen LogP contribution in [0.2, 0.25) is 0 Å². The predicted octanol–water partition coefficient (Wildman–Crippen LogP) is 5.54. The Morgan fingerprint density at radius 2 is 1.65 bits per heavy atom. The lowest BCUT2D eigenvalue weighted by Gasteiger charge is -2.02. The zero-order chi connectivity index (χ0) is 18.7. The quantitative estimate of drug-likeness (QED) is 0.524. The van der Waals surface area contributed by atoms with E-state index in [4.69, 9.17) is 0 Å². The summed E-state index contributed by atoms with van der Waals surface area (Å²) in [5.74, 6) is -0.898. The number of carbonyl (C=O) groups excluding carboxylic acids is 1. The second-order valence-electron chi connectivity index (χ2n) is 6.13. The number of carboxylic acids is 1. The van der Waals surface area contributed by atoms with E-state index in [1.165, 1.54) is 11.3 Å². The molecule has 1 aromatic heterocycles. The average molecular weight is 429 g/mol. The molecule has 0 fully saturated rings. The fraction of sp³-hybridized carbons (Fsp3) is 0.143. The molecule has 3 rings (SSSR count). The summed E-state index contributed by atoms with van der Waals surface area (Å²) >= 11 is 4.75. The van der Waals surface area contributed by atoms with Gasteiger partial charge in [0.05, 0.1) is 11.3 Å². The molecular weight excluding hydrogens is 412 g/mol. The summed E-state index contributed by atoms with van der Waals surface area (Å²) in [4.78, 5) is 25.4. The minimum atomic E-state index is -0.900. The van der Waals surface area contributed by atoms with Crippen molar-refractivity contribution in [2.45, 2.75) is 19.8 Å². The Morgan fingerprint density at radius 3 is 2.27 bits per heavy atom. The number of aliphatic carboxylic acids is 1. The first-order chi connectivity index (χ1) is 12.4. The number of thiophene rings is 1. The number of hydrogen-bond donors (Lipinski definition) is 1. The van der Waals surface area contributed by atoms with E-state index in [1.54, 1.807) is 6.07 Å². The summed E-state index contributed by atoms with van der Waals surface area (Å²) in [5.41, 5.74) is 3.70. The third-order valence-electron chi connectivity index (χ3n) is 4.02. The Hall–Kier alpha value is -2.24. The number of carbonyl (C=O) groups is 2. The predicted molar refractivity (Wildman–Crippen MR) is 108 cm³/mol. The minimum absolute atomic E-state index is 0.00215.